The molecule has 0 N–H and O–H groups in total. The second-order valence-corrected chi connectivity index (χ2v) is 18.6. The van der Waals surface area contributed by atoms with Crippen LogP contribution in [0.4, 0.5) is 34.1 Å². The first-order valence-corrected chi connectivity index (χ1v) is 24.3. The first kappa shape index (κ1) is 43.5. The quantitative estimate of drug-likeness (QED) is 0.128. The van der Waals surface area contributed by atoms with Crippen molar-refractivity contribution in [1.29, 1.82) is 10.5 Å². The Balaban J connectivity index is 1.09. The maximum Gasteiger partial charge on any atom is 0.0991 e. The van der Waals surface area contributed by atoms with Gasteiger partial charge in [0.15, 0.2) is 0 Å². The zero-order chi connectivity index (χ0) is 48.7. The lowest BCUT2D eigenvalue weighted by molar-refractivity contribution is 1.29. The van der Waals surface area contributed by atoms with Crippen LogP contribution in [0.1, 0.15) is 22.3 Å². The first-order valence-electron chi connectivity index (χ1n) is 24.3. The monoisotopic (exact) mass is 918 g/mol. The largest absolute Gasteiger partial charge is 0.310 e. The average Bonchev–Trinajstić information content (AvgIpc) is 3.44. The van der Waals surface area contributed by atoms with E-state index in [4.69, 9.17) is 0 Å². The summed E-state index contributed by atoms with van der Waals surface area (Å²) in [6.07, 6.45) is 0. The fourth-order valence-corrected chi connectivity index (χ4v) is 10.3. The predicted octanol–water partition coefficient (Wildman–Crippen LogP) is 18.6. The molecule has 0 aromatic heterocycles. The molecule has 72 heavy (non-hydrogen) atoms. The van der Waals surface area contributed by atoms with Gasteiger partial charge in [0, 0.05) is 33.5 Å². The minimum atomic E-state index is 0.631. The second-order valence-electron chi connectivity index (χ2n) is 18.6. The Bertz CT molecular complexity index is 3770. The summed E-state index contributed by atoms with van der Waals surface area (Å²) in [6, 6.07) is 91.0. The summed E-state index contributed by atoms with van der Waals surface area (Å²) in [4.78, 5) is 4.81. The van der Waals surface area contributed by atoms with Gasteiger partial charge in [0.25, 0.3) is 0 Å². The summed E-state index contributed by atoms with van der Waals surface area (Å²) in [5.41, 5.74) is 18.6. The minimum Gasteiger partial charge on any atom is -0.310 e. The van der Waals surface area contributed by atoms with E-state index < -0.39 is 0 Å². The number of anilines is 6. The molecule has 0 fully saturated rings. The standard InChI is InChI=1S/C68H46N4/c1-45-13-29-59(30-14-45)71(61-39-55(49-9-5-3-6-10-49)37-57(41-61)51-21-17-47(43-69)18-22-51)65-35-27-53-26-34-64-66(36-28-54-25-33-63(65)67(53)68(54)64)72(60-31-15-46(2)16-32-60)62-40-56(50-11-7-4-8-12-50)38-58(42-62)52-23-19-48(44-70)20-24-52/h3-42H,1-2H3. The Morgan fingerprint density at radius 2 is 0.625 bits per heavy atom. The molecule has 0 unspecified atom stereocenters. The number of hydrogen-bond donors (Lipinski definition) is 0. The van der Waals surface area contributed by atoms with Crippen molar-refractivity contribution in [3.8, 4) is 56.6 Å². The van der Waals surface area contributed by atoms with Crippen LogP contribution in [0.2, 0.25) is 0 Å². The fraction of sp³-hybridized carbons (Fsp3) is 0.0294. The van der Waals surface area contributed by atoms with E-state index in [9.17, 15) is 10.5 Å². The van der Waals surface area contributed by atoms with Gasteiger partial charge < -0.3 is 9.80 Å². The van der Waals surface area contributed by atoms with Crippen LogP contribution in [0.15, 0.2) is 243 Å². The Labute approximate surface area is 420 Å². The van der Waals surface area contributed by atoms with Crippen molar-refractivity contribution >= 4 is 66.4 Å². The summed E-state index contributed by atoms with van der Waals surface area (Å²) in [6.45, 7) is 4.26. The van der Waals surface area contributed by atoms with Crippen molar-refractivity contribution in [2.24, 2.45) is 0 Å². The average molecular weight is 919 g/mol. The van der Waals surface area contributed by atoms with Crippen LogP contribution < -0.4 is 9.80 Å². The van der Waals surface area contributed by atoms with Crippen molar-refractivity contribution in [3.63, 3.8) is 0 Å². The molecule has 0 aliphatic rings. The van der Waals surface area contributed by atoms with Gasteiger partial charge in [-0.05, 0) is 177 Å². The van der Waals surface area contributed by atoms with E-state index in [1.807, 2.05) is 48.5 Å². The summed E-state index contributed by atoms with van der Waals surface area (Å²) < 4.78 is 0. The number of nitrogens with zero attached hydrogens (tertiary/aromatic N) is 4. The van der Waals surface area contributed by atoms with E-state index >= 15 is 0 Å². The first-order chi connectivity index (χ1) is 35.4. The van der Waals surface area contributed by atoms with Crippen LogP contribution in [0.3, 0.4) is 0 Å². The summed E-state index contributed by atoms with van der Waals surface area (Å²) in [5.74, 6) is 0. The van der Waals surface area contributed by atoms with Gasteiger partial charge in [0.05, 0.1) is 34.6 Å². The third-order valence-electron chi connectivity index (χ3n) is 13.9. The SMILES string of the molecule is Cc1ccc(N(c2cc(-c3ccccc3)cc(-c3ccc(C#N)cc3)c2)c2ccc3ccc4c(N(c5ccc(C)cc5)c5cc(-c6ccccc6)cc(-c6ccc(C#N)cc6)c5)ccc5ccc2c3c54)cc1. The molecule has 0 radical (unpaired) electrons. The Kier molecular flexibility index (Phi) is 11.1. The van der Waals surface area contributed by atoms with E-state index in [0.717, 1.165) is 89.4 Å². The summed E-state index contributed by atoms with van der Waals surface area (Å²) in [5, 5.41) is 26.4. The molecule has 4 nitrogen and oxygen atoms in total. The van der Waals surface area contributed by atoms with Crippen LogP contribution in [-0.2, 0) is 0 Å². The normalized spacial score (nSPS) is 11.2. The van der Waals surface area contributed by atoms with E-state index in [2.05, 4.69) is 230 Å². The fourth-order valence-electron chi connectivity index (χ4n) is 10.3. The van der Waals surface area contributed by atoms with Crippen molar-refractivity contribution in [2.75, 3.05) is 9.80 Å². The lowest BCUT2D eigenvalue weighted by Crippen LogP contribution is -2.12. The van der Waals surface area contributed by atoms with Crippen molar-refractivity contribution in [1.82, 2.24) is 0 Å². The Morgan fingerprint density at radius 1 is 0.292 bits per heavy atom. The maximum absolute atomic E-state index is 9.67. The van der Waals surface area contributed by atoms with Crippen molar-refractivity contribution < 1.29 is 0 Å². The van der Waals surface area contributed by atoms with Gasteiger partial charge in [-0.2, -0.15) is 10.5 Å². The second kappa shape index (κ2) is 18.3. The summed E-state index contributed by atoms with van der Waals surface area (Å²) >= 11 is 0. The number of benzene rings is 12. The molecular weight excluding hydrogens is 873 g/mol. The molecule has 0 spiro atoms. The molecule has 4 heteroatoms. The van der Waals surface area contributed by atoms with Crippen LogP contribution in [0, 0.1) is 36.5 Å². The Hall–Kier alpha value is -9.74. The highest BCUT2D eigenvalue weighted by atomic mass is 15.1. The lowest BCUT2D eigenvalue weighted by atomic mass is 9.91. The van der Waals surface area contributed by atoms with Gasteiger partial charge in [0.1, 0.15) is 0 Å². The van der Waals surface area contributed by atoms with E-state index in [0.29, 0.717) is 11.1 Å². The van der Waals surface area contributed by atoms with Crippen LogP contribution in [0.5, 0.6) is 0 Å². The summed E-state index contributed by atoms with van der Waals surface area (Å²) in [7, 11) is 0. The third-order valence-corrected chi connectivity index (χ3v) is 13.9. The zero-order valence-corrected chi connectivity index (χ0v) is 39.9. The predicted molar refractivity (Wildman–Crippen MR) is 300 cm³/mol. The molecule has 12 rings (SSSR count). The lowest BCUT2D eigenvalue weighted by Gasteiger charge is -2.30. The molecule has 0 heterocycles. The topological polar surface area (TPSA) is 54.1 Å². The molecule has 0 atom stereocenters. The maximum atomic E-state index is 9.67. The molecule has 0 bridgehead atoms. The molecule has 12 aromatic carbocycles. The van der Waals surface area contributed by atoms with Crippen LogP contribution in [-0.4, -0.2) is 0 Å². The minimum absolute atomic E-state index is 0.631. The van der Waals surface area contributed by atoms with Gasteiger partial charge >= 0.3 is 0 Å². The van der Waals surface area contributed by atoms with Gasteiger partial charge in [-0.1, -0.05) is 157 Å². The van der Waals surface area contributed by atoms with Gasteiger partial charge in [-0.3, -0.25) is 0 Å². The van der Waals surface area contributed by atoms with Gasteiger partial charge in [-0.25, -0.2) is 0 Å². The molecule has 0 saturated carbocycles. The van der Waals surface area contributed by atoms with E-state index in [1.165, 1.54) is 32.7 Å². The third kappa shape index (κ3) is 8.04. The number of hydrogen-bond acceptors (Lipinski definition) is 4. The molecular formula is C68H46N4. The van der Waals surface area contributed by atoms with Crippen LogP contribution >= 0.6 is 0 Å². The molecule has 0 saturated heterocycles. The number of nitriles is 2. The van der Waals surface area contributed by atoms with E-state index in [1.54, 1.807) is 0 Å². The highest BCUT2D eigenvalue weighted by Gasteiger charge is 2.24. The molecule has 338 valence electrons. The molecule has 12 aromatic rings. The molecule has 0 aliphatic heterocycles. The van der Waals surface area contributed by atoms with E-state index in [-0.39, 0.29) is 0 Å². The smallest absolute Gasteiger partial charge is 0.0991 e. The Morgan fingerprint density at radius 3 is 0.972 bits per heavy atom. The molecule has 0 aliphatic carbocycles. The highest BCUT2D eigenvalue weighted by molar-refractivity contribution is 6.28. The highest BCUT2D eigenvalue weighted by Crippen LogP contribution is 2.49. The number of rotatable bonds is 10. The van der Waals surface area contributed by atoms with Crippen molar-refractivity contribution in [3.05, 3.63) is 265 Å². The van der Waals surface area contributed by atoms with Crippen molar-refractivity contribution in [2.45, 2.75) is 13.8 Å². The number of aryl methyl sites for hydroxylation is 2. The van der Waals surface area contributed by atoms with Crippen LogP contribution in [0.25, 0.3) is 76.8 Å². The van der Waals surface area contributed by atoms with Gasteiger partial charge in [-0.15, -0.1) is 0 Å². The zero-order valence-electron chi connectivity index (χ0n) is 39.9. The van der Waals surface area contributed by atoms with Gasteiger partial charge in [0.2, 0.25) is 0 Å². The molecule has 0 amide bonds.